The predicted molar refractivity (Wildman–Crippen MR) is 116 cm³/mol. The Balaban J connectivity index is 1.61. The van der Waals surface area contributed by atoms with Crippen LogP contribution in [0.4, 0.5) is 11.4 Å². The van der Waals surface area contributed by atoms with E-state index in [9.17, 15) is 9.59 Å². The van der Waals surface area contributed by atoms with Crippen molar-refractivity contribution in [2.45, 2.75) is 32.3 Å². The number of carbonyl (C=O) groups is 2. The van der Waals surface area contributed by atoms with Gasteiger partial charge in [0, 0.05) is 18.8 Å². The molecule has 3 rings (SSSR count). The van der Waals surface area contributed by atoms with Gasteiger partial charge in [-0.05, 0) is 40.8 Å². The zero-order valence-corrected chi connectivity index (χ0v) is 17.2. The van der Waals surface area contributed by atoms with Crippen LogP contribution >= 0.6 is 0 Å². The number of carbonyl (C=O) groups excluding carboxylic acids is 2. The van der Waals surface area contributed by atoms with E-state index in [1.54, 1.807) is 31.3 Å². The Morgan fingerprint density at radius 3 is 2.52 bits per heavy atom. The molecule has 1 aliphatic heterocycles. The van der Waals surface area contributed by atoms with Gasteiger partial charge in [-0.15, -0.1) is 0 Å². The highest BCUT2D eigenvalue weighted by Crippen LogP contribution is 2.31. The van der Waals surface area contributed by atoms with Crippen LogP contribution in [0, 0.1) is 0 Å². The first-order valence-electron chi connectivity index (χ1n) is 9.62. The van der Waals surface area contributed by atoms with Gasteiger partial charge in [0.05, 0.1) is 12.2 Å². The van der Waals surface area contributed by atoms with Gasteiger partial charge in [-0.25, -0.2) is 0 Å². The number of hydrogen-bond acceptors (Lipinski definition) is 4. The van der Waals surface area contributed by atoms with Crippen LogP contribution in [0.3, 0.4) is 0 Å². The summed E-state index contributed by atoms with van der Waals surface area (Å²) >= 11 is 0. The second-order valence-corrected chi connectivity index (χ2v) is 8.01. The molecule has 1 unspecified atom stereocenters. The molecule has 0 saturated carbocycles. The summed E-state index contributed by atoms with van der Waals surface area (Å²) in [5.41, 5.74) is 3.71. The molecule has 2 aromatic rings. The summed E-state index contributed by atoms with van der Waals surface area (Å²) in [6.07, 6.45) is 2.73. The molecule has 0 aliphatic carbocycles. The molecule has 0 aromatic heterocycles. The number of anilines is 2. The fourth-order valence-corrected chi connectivity index (χ4v) is 3.00. The molecule has 1 aliphatic rings. The van der Waals surface area contributed by atoms with Gasteiger partial charge in [0.25, 0.3) is 5.91 Å². The van der Waals surface area contributed by atoms with E-state index < -0.39 is 6.10 Å². The van der Waals surface area contributed by atoms with E-state index in [0.29, 0.717) is 18.0 Å². The summed E-state index contributed by atoms with van der Waals surface area (Å²) in [4.78, 5) is 24.0. The standard InChI is InChI=1S/C23H27N3O3/c1-23(2,3)16-8-5-15(6-9-16)7-12-21(27)26-17-10-11-19-18(13-17)25-14-20(29-19)22(28)24-4/h5-13,20,25H,14H2,1-4H3,(H,24,28)(H,26,27). The van der Waals surface area contributed by atoms with Crippen LogP contribution in [0.15, 0.2) is 48.5 Å². The SMILES string of the molecule is CNC(=O)C1CNc2cc(NC(=O)C=Cc3ccc(C(C)(C)C)cc3)ccc2O1. The number of fused-ring (bicyclic) bond motifs is 1. The summed E-state index contributed by atoms with van der Waals surface area (Å²) < 4.78 is 5.68. The molecule has 29 heavy (non-hydrogen) atoms. The molecule has 2 amide bonds. The molecule has 152 valence electrons. The van der Waals surface area contributed by atoms with E-state index in [4.69, 9.17) is 4.74 Å². The van der Waals surface area contributed by atoms with Gasteiger partial charge in [0.2, 0.25) is 5.91 Å². The normalized spacial score (nSPS) is 15.8. The van der Waals surface area contributed by atoms with Crippen LogP contribution in [0.2, 0.25) is 0 Å². The van der Waals surface area contributed by atoms with E-state index in [-0.39, 0.29) is 17.2 Å². The first-order chi connectivity index (χ1) is 13.8. The van der Waals surface area contributed by atoms with Crippen molar-refractivity contribution in [3.05, 3.63) is 59.7 Å². The van der Waals surface area contributed by atoms with Crippen molar-refractivity contribution < 1.29 is 14.3 Å². The van der Waals surface area contributed by atoms with E-state index in [0.717, 1.165) is 11.3 Å². The van der Waals surface area contributed by atoms with Gasteiger partial charge < -0.3 is 20.7 Å². The Hall–Kier alpha value is -3.28. The van der Waals surface area contributed by atoms with Crippen molar-refractivity contribution in [2.75, 3.05) is 24.2 Å². The van der Waals surface area contributed by atoms with Crippen molar-refractivity contribution in [3.8, 4) is 5.75 Å². The number of rotatable bonds is 4. The van der Waals surface area contributed by atoms with Crippen molar-refractivity contribution >= 4 is 29.3 Å². The third-order valence-electron chi connectivity index (χ3n) is 4.74. The average molecular weight is 393 g/mol. The zero-order valence-electron chi connectivity index (χ0n) is 17.2. The molecule has 0 fully saturated rings. The number of amides is 2. The smallest absolute Gasteiger partial charge is 0.262 e. The van der Waals surface area contributed by atoms with Gasteiger partial charge in [0.15, 0.2) is 6.10 Å². The first-order valence-corrected chi connectivity index (χ1v) is 9.62. The fourth-order valence-electron chi connectivity index (χ4n) is 3.00. The fraction of sp³-hybridized carbons (Fsp3) is 0.304. The maximum Gasteiger partial charge on any atom is 0.262 e. The number of ether oxygens (including phenoxy) is 1. The second-order valence-electron chi connectivity index (χ2n) is 8.01. The molecule has 0 radical (unpaired) electrons. The van der Waals surface area contributed by atoms with Gasteiger partial charge in [-0.2, -0.15) is 0 Å². The average Bonchev–Trinajstić information content (AvgIpc) is 2.71. The molecule has 0 spiro atoms. The lowest BCUT2D eigenvalue weighted by molar-refractivity contribution is -0.127. The molecule has 1 heterocycles. The molecule has 3 N–H and O–H groups in total. The van der Waals surface area contributed by atoms with Crippen LogP contribution in [-0.4, -0.2) is 31.5 Å². The predicted octanol–water partition coefficient (Wildman–Crippen LogP) is 3.55. The highest BCUT2D eigenvalue weighted by Gasteiger charge is 2.25. The molecular formula is C23H27N3O3. The van der Waals surface area contributed by atoms with Crippen molar-refractivity contribution in [2.24, 2.45) is 0 Å². The number of benzene rings is 2. The van der Waals surface area contributed by atoms with Crippen molar-refractivity contribution in [1.29, 1.82) is 0 Å². The van der Waals surface area contributed by atoms with Crippen LogP contribution < -0.4 is 20.7 Å². The van der Waals surface area contributed by atoms with Gasteiger partial charge in [-0.3, -0.25) is 9.59 Å². The molecule has 6 nitrogen and oxygen atoms in total. The van der Waals surface area contributed by atoms with E-state index >= 15 is 0 Å². The second kappa shape index (κ2) is 8.39. The molecule has 0 saturated heterocycles. The third-order valence-corrected chi connectivity index (χ3v) is 4.74. The zero-order chi connectivity index (χ0) is 21.0. The topological polar surface area (TPSA) is 79.5 Å². The van der Waals surface area contributed by atoms with Crippen LogP contribution in [-0.2, 0) is 15.0 Å². The summed E-state index contributed by atoms with van der Waals surface area (Å²) in [7, 11) is 1.58. The van der Waals surface area contributed by atoms with E-state index in [1.165, 1.54) is 11.6 Å². The molecular weight excluding hydrogens is 366 g/mol. The molecule has 1 atom stereocenters. The minimum atomic E-state index is -0.569. The summed E-state index contributed by atoms with van der Waals surface area (Å²) in [6.45, 7) is 6.88. The van der Waals surface area contributed by atoms with Crippen molar-refractivity contribution in [3.63, 3.8) is 0 Å². The first kappa shape index (κ1) is 20.5. The Kier molecular flexibility index (Phi) is 5.92. The van der Waals surface area contributed by atoms with E-state index in [1.807, 2.05) is 12.1 Å². The Morgan fingerprint density at radius 2 is 1.86 bits per heavy atom. The lowest BCUT2D eigenvalue weighted by Gasteiger charge is -2.26. The minimum absolute atomic E-state index is 0.101. The summed E-state index contributed by atoms with van der Waals surface area (Å²) in [5, 5.41) is 8.58. The molecule has 2 aromatic carbocycles. The number of nitrogens with one attached hydrogen (secondary N) is 3. The summed E-state index contributed by atoms with van der Waals surface area (Å²) in [6, 6.07) is 13.5. The van der Waals surface area contributed by atoms with Crippen LogP contribution in [0.1, 0.15) is 31.9 Å². The third kappa shape index (κ3) is 5.16. The monoisotopic (exact) mass is 393 g/mol. The highest BCUT2D eigenvalue weighted by atomic mass is 16.5. The van der Waals surface area contributed by atoms with Crippen molar-refractivity contribution in [1.82, 2.24) is 5.32 Å². The Labute approximate surface area is 171 Å². The number of likely N-dealkylation sites (N-methyl/N-ethyl adjacent to an activating group) is 1. The molecule has 6 heteroatoms. The molecule has 0 bridgehead atoms. The maximum atomic E-state index is 12.3. The van der Waals surface area contributed by atoms with Crippen LogP contribution in [0.25, 0.3) is 6.08 Å². The maximum absolute atomic E-state index is 12.3. The van der Waals surface area contributed by atoms with Crippen LogP contribution in [0.5, 0.6) is 5.75 Å². The minimum Gasteiger partial charge on any atom is -0.477 e. The number of hydrogen-bond donors (Lipinski definition) is 3. The summed E-state index contributed by atoms with van der Waals surface area (Å²) in [5.74, 6) is 0.184. The highest BCUT2D eigenvalue weighted by molar-refractivity contribution is 6.02. The van der Waals surface area contributed by atoms with Gasteiger partial charge in [-0.1, -0.05) is 45.0 Å². The quantitative estimate of drug-likeness (QED) is 0.694. The van der Waals surface area contributed by atoms with Gasteiger partial charge in [0.1, 0.15) is 5.75 Å². The Bertz CT molecular complexity index is 927. The largest absolute Gasteiger partial charge is 0.477 e. The van der Waals surface area contributed by atoms with Gasteiger partial charge >= 0.3 is 0 Å². The van der Waals surface area contributed by atoms with E-state index in [2.05, 4.69) is 48.9 Å². The lowest BCUT2D eigenvalue weighted by Crippen LogP contribution is -2.43. The lowest BCUT2D eigenvalue weighted by atomic mass is 9.87. The Morgan fingerprint density at radius 1 is 1.14 bits per heavy atom.